The van der Waals surface area contributed by atoms with Gasteiger partial charge in [0.1, 0.15) is 0 Å². The molecule has 2 amide bonds. The fraction of sp³-hybridized carbons (Fsp3) is 0.364. The minimum absolute atomic E-state index is 0.0836. The third-order valence-electron chi connectivity index (χ3n) is 2.10. The lowest BCUT2D eigenvalue weighted by atomic mass is 10.1. The molecule has 5 heteroatoms. The second kappa shape index (κ2) is 6.09. The van der Waals surface area contributed by atoms with Gasteiger partial charge in [0.15, 0.2) is 0 Å². The van der Waals surface area contributed by atoms with Crippen LogP contribution in [0.3, 0.4) is 0 Å². The highest BCUT2D eigenvalue weighted by atomic mass is 16.9. The Bertz CT molecular complexity index is 329. The van der Waals surface area contributed by atoms with Crippen LogP contribution in [-0.2, 0) is 11.3 Å². The number of amides is 2. The van der Waals surface area contributed by atoms with Crippen LogP contribution >= 0.6 is 0 Å². The monoisotopic (exact) mass is 224 g/mol. The number of carbonyl (C=O) groups excluding carboxylic acids is 1. The molecule has 0 saturated carbocycles. The summed E-state index contributed by atoms with van der Waals surface area (Å²) < 4.78 is 0. The van der Waals surface area contributed by atoms with Gasteiger partial charge in [0.2, 0.25) is 0 Å². The van der Waals surface area contributed by atoms with Crippen LogP contribution in [0, 0.1) is 0 Å². The molecule has 0 bridgehead atoms. The zero-order valence-corrected chi connectivity index (χ0v) is 9.38. The Morgan fingerprint density at radius 3 is 2.69 bits per heavy atom. The van der Waals surface area contributed by atoms with E-state index in [1.54, 1.807) is 0 Å². The molecule has 0 aliphatic carbocycles. The van der Waals surface area contributed by atoms with Crippen molar-refractivity contribution >= 4 is 6.03 Å². The van der Waals surface area contributed by atoms with Crippen LogP contribution in [0.2, 0.25) is 0 Å². The lowest BCUT2D eigenvalue weighted by molar-refractivity contribution is -0.279. The zero-order valence-electron chi connectivity index (χ0n) is 9.38. The standard InChI is InChI=1S/C11H16N2O3/c1-9(12-11(14)13(15)16-2)8-10-6-4-3-5-7-10/h3-7,9,15H,8H2,1-2H3,(H,12,14)/t9-/m0/s1. The molecule has 0 radical (unpaired) electrons. The minimum Gasteiger partial charge on any atom is -0.332 e. The zero-order chi connectivity index (χ0) is 12.0. The topological polar surface area (TPSA) is 61.8 Å². The van der Waals surface area contributed by atoms with Crippen LogP contribution in [0.5, 0.6) is 0 Å². The Hall–Kier alpha value is -1.59. The molecule has 5 nitrogen and oxygen atoms in total. The number of hydrogen-bond acceptors (Lipinski definition) is 3. The van der Waals surface area contributed by atoms with Crippen molar-refractivity contribution in [2.24, 2.45) is 0 Å². The lowest BCUT2D eigenvalue weighted by Gasteiger charge is -2.17. The number of hydroxylamine groups is 2. The Labute approximate surface area is 94.5 Å². The van der Waals surface area contributed by atoms with Crippen LogP contribution in [-0.4, -0.2) is 29.6 Å². The van der Waals surface area contributed by atoms with Crippen molar-refractivity contribution in [2.45, 2.75) is 19.4 Å². The molecule has 2 N–H and O–H groups in total. The van der Waals surface area contributed by atoms with Crippen molar-refractivity contribution in [3.8, 4) is 0 Å². The van der Waals surface area contributed by atoms with Crippen molar-refractivity contribution in [3.05, 3.63) is 35.9 Å². The van der Waals surface area contributed by atoms with Gasteiger partial charge in [-0.3, -0.25) is 5.21 Å². The van der Waals surface area contributed by atoms with Gasteiger partial charge in [-0.2, -0.15) is 0 Å². The van der Waals surface area contributed by atoms with Crippen molar-refractivity contribution in [2.75, 3.05) is 7.11 Å². The highest BCUT2D eigenvalue weighted by molar-refractivity contribution is 5.72. The number of hydrogen-bond donors (Lipinski definition) is 2. The van der Waals surface area contributed by atoms with Gasteiger partial charge < -0.3 is 5.32 Å². The highest BCUT2D eigenvalue weighted by Gasteiger charge is 2.13. The number of urea groups is 1. The maximum Gasteiger partial charge on any atom is 0.366 e. The van der Waals surface area contributed by atoms with Crippen LogP contribution < -0.4 is 5.32 Å². The molecule has 1 aromatic carbocycles. The first kappa shape index (κ1) is 12.5. The Balaban J connectivity index is 2.42. The molecular formula is C11H16N2O3. The largest absolute Gasteiger partial charge is 0.366 e. The predicted molar refractivity (Wildman–Crippen MR) is 58.8 cm³/mol. The summed E-state index contributed by atoms with van der Waals surface area (Å²) in [4.78, 5) is 15.6. The van der Waals surface area contributed by atoms with Crippen LogP contribution in [0.1, 0.15) is 12.5 Å². The molecule has 0 aliphatic rings. The second-order valence-electron chi connectivity index (χ2n) is 3.50. The van der Waals surface area contributed by atoms with Gasteiger partial charge in [-0.1, -0.05) is 35.6 Å². The maximum atomic E-state index is 11.2. The molecule has 0 fully saturated rings. The molecule has 0 heterocycles. The van der Waals surface area contributed by atoms with Crippen LogP contribution in [0.25, 0.3) is 0 Å². The number of carbonyl (C=O) groups is 1. The van der Waals surface area contributed by atoms with Crippen LogP contribution in [0.4, 0.5) is 4.79 Å². The van der Waals surface area contributed by atoms with Gasteiger partial charge in [0, 0.05) is 6.04 Å². The van der Waals surface area contributed by atoms with Crippen molar-refractivity contribution in [1.82, 2.24) is 10.5 Å². The van der Waals surface area contributed by atoms with Gasteiger partial charge in [-0.25, -0.2) is 9.63 Å². The van der Waals surface area contributed by atoms with Gasteiger partial charge in [-0.05, 0) is 18.9 Å². The smallest absolute Gasteiger partial charge is 0.332 e. The minimum atomic E-state index is -0.675. The Kier molecular flexibility index (Phi) is 4.75. The van der Waals surface area contributed by atoms with Gasteiger partial charge >= 0.3 is 6.03 Å². The van der Waals surface area contributed by atoms with E-state index < -0.39 is 6.03 Å². The first-order valence-electron chi connectivity index (χ1n) is 5.01. The summed E-state index contributed by atoms with van der Waals surface area (Å²) >= 11 is 0. The molecule has 0 aliphatic heterocycles. The van der Waals surface area contributed by atoms with Crippen molar-refractivity contribution in [3.63, 3.8) is 0 Å². The molecular weight excluding hydrogens is 208 g/mol. The normalized spacial score (nSPS) is 11.9. The van der Waals surface area contributed by atoms with Gasteiger partial charge in [-0.15, -0.1) is 0 Å². The summed E-state index contributed by atoms with van der Waals surface area (Å²) in [6.45, 7) is 1.86. The van der Waals surface area contributed by atoms with E-state index in [2.05, 4.69) is 10.2 Å². The van der Waals surface area contributed by atoms with E-state index in [-0.39, 0.29) is 11.3 Å². The fourth-order valence-corrected chi connectivity index (χ4v) is 1.37. The van der Waals surface area contributed by atoms with E-state index in [9.17, 15) is 4.79 Å². The Morgan fingerprint density at radius 1 is 1.50 bits per heavy atom. The average molecular weight is 224 g/mol. The number of nitrogens with zero attached hydrogens (tertiary/aromatic N) is 1. The predicted octanol–water partition coefficient (Wildman–Crippen LogP) is 1.58. The molecule has 16 heavy (non-hydrogen) atoms. The summed E-state index contributed by atoms with van der Waals surface area (Å²) in [7, 11) is 1.21. The van der Waals surface area contributed by atoms with E-state index in [1.807, 2.05) is 37.3 Å². The third kappa shape index (κ3) is 3.88. The molecule has 1 rings (SSSR count). The van der Waals surface area contributed by atoms with E-state index in [1.165, 1.54) is 7.11 Å². The molecule has 0 spiro atoms. The first-order chi connectivity index (χ1) is 7.63. The third-order valence-corrected chi connectivity index (χ3v) is 2.10. The Morgan fingerprint density at radius 2 is 2.12 bits per heavy atom. The molecule has 1 aromatic rings. The van der Waals surface area contributed by atoms with Crippen molar-refractivity contribution in [1.29, 1.82) is 0 Å². The quantitative estimate of drug-likeness (QED) is 0.603. The summed E-state index contributed by atoms with van der Waals surface area (Å²) in [6, 6.07) is 9.03. The summed E-state index contributed by atoms with van der Waals surface area (Å²) in [5.41, 5.74) is 1.12. The van der Waals surface area contributed by atoms with Crippen molar-refractivity contribution < 1.29 is 14.8 Å². The molecule has 0 aromatic heterocycles. The number of benzene rings is 1. The average Bonchev–Trinajstić information content (AvgIpc) is 2.29. The summed E-state index contributed by atoms with van der Waals surface area (Å²) in [6.07, 6.45) is 0.699. The summed E-state index contributed by atoms with van der Waals surface area (Å²) in [5.74, 6) is 0. The second-order valence-corrected chi connectivity index (χ2v) is 3.50. The van der Waals surface area contributed by atoms with Gasteiger partial charge in [0.25, 0.3) is 0 Å². The molecule has 1 atom stereocenters. The van der Waals surface area contributed by atoms with E-state index in [0.717, 1.165) is 5.56 Å². The first-order valence-corrected chi connectivity index (χ1v) is 5.01. The number of rotatable bonds is 4. The number of nitrogens with one attached hydrogen (secondary N) is 1. The SMILES string of the molecule is CON(O)C(=O)N[C@@H](C)Cc1ccccc1. The highest BCUT2D eigenvalue weighted by Crippen LogP contribution is 2.02. The van der Waals surface area contributed by atoms with E-state index in [4.69, 9.17) is 5.21 Å². The summed E-state index contributed by atoms with van der Waals surface area (Å²) in [5, 5.41) is 11.7. The van der Waals surface area contributed by atoms with E-state index in [0.29, 0.717) is 6.42 Å². The molecule has 88 valence electrons. The lowest BCUT2D eigenvalue weighted by Crippen LogP contribution is -2.42. The fourth-order valence-electron chi connectivity index (χ4n) is 1.37. The van der Waals surface area contributed by atoms with Crippen LogP contribution in [0.15, 0.2) is 30.3 Å². The molecule has 0 saturated heterocycles. The molecule has 0 unspecified atom stereocenters. The van der Waals surface area contributed by atoms with Gasteiger partial charge in [0.05, 0.1) is 7.11 Å². The van der Waals surface area contributed by atoms with E-state index >= 15 is 0 Å². The maximum absolute atomic E-state index is 11.2.